The highest BCUT2D eigenvalue weighted by Gasteiger charge is 2.11. The second-order valence-corrected chi connectivity index (χ2v) is 2.93. The molecule has 0 fully saturated rings. The van der Waals surface area contributed by atoms with Crippen molar-refractivity contribution in [2.45, 2.75) is 0 Å². The van der Waals surface area contributed by atoms with Crippen LogP contribution in [0.5, 0.6) is 11.5 Å². The molecule has 0 saturated carbocycles. The fourth-order valence-corrected chi connectivity index (χ4v) is 1.39. The number of hydrogen-bond acceptors (Lipinski definition) is 2. The minimum Gasteiger partial charge on any atom is -0.454 e. The smallest absolute Gasteiger partial charge is 0.231 e. The molecular weight excluding hydrogens is 220 g/mol. The zero-order valence-electron chi connectivity index (χ0n) is 6.29. The Balaban J connectivity index is 2.38. The highest BCUT2D eigenvalue weighted by atomic mass is 79.9. The maximum atomic E-state index is 5.21. The molecule has 2 nitrogen and oxygen atoms in total. The molecule has 0 bridgehead atoms. The first-order valence-electron chi connectivity index (χ1n) is 3.56. The summed E-state index contributed by atoms with van der Waals surface area (Å²) in [5.74, 6) is 1.64. The van der Waals surface area contributed by atoms with Crippen molar-refractivity contribution in [1.82, 2.24) is 0 Å². The highest BCUT2D eigenvalue weighted by Crippen LogP contribution is 2.32. The molecule has 2 rings (SSSR count). The first-order chi connectivity index (χ1) is 5.90. The van der Waals surface area contributed by atoms with Crippen LogP contribution >= 0.6 is 15.9 Å². The minimum absolute atomic E-state index is 0.330. The van der Waals surface area contributed by atoms with Gasteiger partial charge in [-0.05, 0) is 28.8 Å². The SMILES string of the molecule is BrC=Cc1ccc2c(c1)OCO2. The van der Waals surface area contributed by atoms with E-state index >= 15 is 0 Å². The summed E-state index contributed by atoms with van der Waals surface area (Å²) in [4.78, 5) is 1.81. The Kier molecular flexibility index (Phi) is 2.04. The van der Waals surface area contributed by atoms with E-state index in [4.69, 9.17) is 9.47 Å². The summed E-state index contributed by atoms with van der Waals surface area (Å²) in [5.41, 5.74) is 1.09. The molecule has 12 heavy (non-hydrogen) atoms. The molecule has 1 aromatic carbocycles. The van der Waals surface area contributed by atoms with Crippen LogP contribution in [0.25, 0.3) is 6.08 Å². The van der Waals surface area contributed by atoms with Crippen LogP contribution < -0.4 is 9.47 Å². The van der Waals surface area contributed by atoms with E-state index in [0.717, 1.165) is 17.1 Å². The lowest BCUT2D eigenvalue weighted by Crippen LogP contribution is -1.92. The van der Waals surface area contributed by atoms with E-state index < -0.39 is 0 Å². The lowest BCUT2D eigenvalue weighted by molar-refractivity contribution is 0.174. The number of rotatable bonds is 1. The molecule has 0 spiro atoms. The van der Waals surface area contributed by atoms with E-state index in [1.165, 1.54) is 0 Å². The van der Waals surface area contributed by atoms with Crippen molar-refractivity contribution < 1.29 is 9.47 Å². The molecule has 1 aromatic rings. The summed E-state index contributed by atoms with van der Waals surface area (Å²) in [7, 11) is 0. The van der Waals surface area contributed by atoms with Crippen molar-refractivity contribution in [3.8, 4) is 11.5 Å². The second kappa shape index (κ2) is 3.19. The fourth-order valence-electron chi connectivity index (χ4n) is 1.09. The number of hydrogen-bond donors (Lipinski definition) is 0. The Labute approximate surface area is 78.9 Å². The number of fused-ring (bicyclic) bond motifs is 1. The molecule has 0 aromatic heterocycles. The van der Waals surface area contributed by atoms with Gasteiger partial charge in [0.2, 0.25) is 6.79 Å². The Morgan fingerprint density at radius 2 is 2.08 bits per heavy atom. The summed E-state index contributed by atoms with van der Waals surface area (Å²) >= 11 is 3.21. The lowest BCUT2D eigenvalue weighted by Gasteiger charge is -1.96. The van der Waals surface area contributed by atoms with Crippen LogP contribution in [0.3, 0.4) is 0 Å². The van der Waals surface area contributed by atoms with E-state index in [1.807, 2.05) is 29.3 Å². The van der Waals surface area contributed by atoms with Gasteiger partial charge in [0.05, 0.1) is 0 Å². The van der Waals surface area contributed by atoms with Crippen LogP contribution in [0.15, 0.2) is 23.2 Å². The number of ether oxygens (including phenoxy) is 2. The molecule has 0 amide bonds. The van der Waals surface area contributed by atoms with Crippen LogP contribution in [0.4, 0.5) is 0 Å². The van der Waals surface area contributed by atoms with Crippen molar-refractivity contribution in [2.24, 2.45) is 0 Å². The predicted octanol–water partition coefficient (Wildman–Crippen LogP) is 2.78. The van der Waals surface area contributed by atoms with E-state index in [0.29, 0.717) is 6.79 Å². The van der Waals surface area contributed by atoms with Gasteiger partial charge in [-0.2, -0.15) is 0 Å². The summed E-state index contributed by atoms with van der Waals surface area (Å²) in [5, 5.41) is 0. The van der Waals surface area contributed by atoms with Gasteiger partial charge in [0, 0.05) is 0 Å². The zero-order chi connectivity index (χ0) is 8.39. The van der Waals surface area contributed by atoms with Gasteiger partial charge in [0.1, 0.15) is 0 Å². The quantitative estimate of drug-likeness (QED) is 0.734. The highest BCUT2D eigenvalue weighted by molar-refractivity contribution is 9.11. The van der Waals surface area contributed by atoms with Crippen molar-refractivity contribution in [2.75, 3.05) is 6.79 Å². The predicted molar refractivity (Wildman–Crippen MR) is 50.5 cm³/mol. The van der Waals surface area contributed by atoms with Gasteiger partial charge in [-0.25, -0.2) is 0 Å². The normalized spacial score (nSPS) is 14.1. The van der Waals surface area contributed by atoms with Gasteiger partial charge in [0.25, 0.3) is 0 Å². The number of halogens is 1. The van der Waals surface area contributed by atoms with Gasteiger partial charge in [0.15, 0.2) is 11.5 Å². The monoisotopic (exact) mass is 226 g/mol. The molecule has 1 heterocycles. The molecule has 1 aliphatic heterocycles. The van der Waals surface area contributed by atoms with E-state index in [9.17, 15) is 0 Å². The summed E-state index contributed by atoms with van der Waals surface area (Å²) < 4.78 is 10.4. The molecule has 0 atom stereocenters. The third-order valence-corrected chi connectivity index (χ3v) is 1.92. The van der Waals surface area contributed by atoms with Crippen LogP contribution in [0.2, 0.25) is 0 Å². The van der Waals surface area contributed by atoms with E-state index in [1.54, 1.807) is 0 Å². The van der Waals surface area contributed by atoms with Crippen molar-refractivity contribution in [3.05, 3.63) is 28.7 Å². The zero-order valence-corrected chi connectivity index (χ0v) is 7.87. The molecule has 0 N–H and O–H groups in total. The van der Waals surface area contributed by atoms with Crippen molar-refractivity contribution >= 4 is 22.0 Å². The third-order valence-electron chi connectivity index (χ3n) is 1.65. The molecule has 3 heteroatoms. The van der Waals surface area contributed by atoms with Crippen LogP contribution in [0.1, 0.15) is 5.56 Å². The molecule has 0 radical (unpaired) electrons. The average molecular weight is 227 g/mol. The lowest BCUT2D eigenvalue weighted by atomic mass is 10.2. The van der Waals surface area contributed by atoms with Crippen LogP contribution in [-0.2, 0) is 0 Å². The Bertz CT molecular complexity index is 320. The maximum Gasteiger partial charge on any atom is 0.231 e. The largest absolute Gasteiger partial charge is 0.454 e. The van der Waals surface area contributed by atoms with E-state index in [2.05, 4.69) is 15.9 Å². The van der Waals surface area contributed by atoms with E-state index in [-0.39, 0.29) is 0 Å². The Morgan fingerprint density at radius 3 is 2.92 bits per heavy atom. The summed E-state index contributed by atoms with van der Waals surface area (Å²) in [6.07, 6.45) is 1.95. The first kappa shape index (κ1) is 7.68. The van der Waals surface area contributed by atoms with Crippen molar-refractivity contribution in [1.29, 1.82) is 0 Å². The van der Waals surface area contributed by atoms with Gasteiger partial charge in [-0.1, -0.05) is 22.0 Å². The molecular formula is C9H7BrO2. The maximum absolute atomic E-state index is 5.21. The van der Waals surface area contributed by atoms with Gasteiger partial charge < -0.3 is 9.47 Å². The Morgan fingerprint density at radius 1 is 1.25 bits per heavy atom. The van der Waals surface area contributed by atoms with Crippen molar-refractivity contribution in [3.63, 3.8) is 0 Å². The molecule has 0 unspecified atom stereocenters. The van der Waals surface area contributed by atoms with Crippen LogP contribution in [0, 0.1) is 0 Å². The standard InChI is InChI=1S/C9H7BrO2/c10-4-3-7-1-2-8-9(5-7)12-6-11-8/h1-5H,6H2. The molecule has 62 valence electrons. The third kappa shape index (κ3) is 1.32. The number of benzene rings is 1. The van der Waals surface area contributed by atoms with Gasteiger partial charge >= 0.3 is 0 Å². The van der Waals surface area contributed by atoms with Gasteiger partial charge in [-0.3, -0.25) is 0 Å². The minimum atomic E-state index is 0.330. The second-order valence-electron chi connectivity index (χ2n) is 2.41. The summed E-state index contributed by atoms with van der Waals surface area (Å²) in [6.45, 7) is 0.330. The molecule has 0 saturated heterocycles. The van der Waals surface area contributed by atoms with Crippen LogP contribution in [-0.4, -0.2) is 6.79 Å². The fraction of sp³-hybridized carbons (Fsp3) is 0.111. The summed E-state index contributed by atoms with van der Waals surface area (Å²) in [6, 6.07) is 5.83. The van der Waals surface area contributed by atoms with Gasteiger partial charge in [-0.15, -0.1) is 0 Å². The average Bonchev–Trinajstić information content (AvgIpc) is 2.51. The molecule has 0 aliphatic carbocycles. The molecule has 1 aliphatic rings. The first-order valence-corrected chi connectivity index (χ1v) is 4.48. The topological polar surface area (TPSA) is 18.5 Å². The Hall–Kier alpha value is -0.960.